The maximum atomic E-state index is 12.1. The molecule has 1 amide bonds. The van der Waals surface area contributed by atoms with E-state index >= 15 is 0 Å². The molecule has 0 bridgehead atoms. The van der Waals surface area contributed by atoms with E-state index in [-0.39, 0.29) is 11.8 Å². The van der Waals surface area contributed by atoms with Crippen LogP contribution in [0.15, 0.2) is 12.1 Å². The highest BCUT2D eigenvalue weighted by molar-refractivity contribution is 5.78. The Morgan fingerprint density at radius 2 is 2.05 bits per heavy atom. The van der Waals surface area contributed by atoms with Crippen LogP contribution in [0, 0.1) is 19.8 Å². The van der Waals surface area contributed by atoms with Gasteiger partial charge in [0, 0.05) is 31.6 Å². The number of aryl methyl sites for hydroxylation is 2. The van der Waals surface area contributed by atoms with Crippen LogP contribution in [0.3, 0.4) is 0 Å². The molecule has 4 heteroatoms. The van der Waals surface area contributed by atoms with Gasteiger partial charge in [0.2, 0.25) is 5.91 Å². The summed E-state index contributed by atoms with van der Waals surface area (Å²) in [7, 11) is 3.45. The molecule has 0 aliphatic heterocycles. The molecule has 0 saturated heterocycles. The van der Waals surface area contributed by atoms with Crippen LogP contribution in [0.1, 0.15) is 23.6 Å². The van der Waals surface area contributed by atoms with Gasteiger partial charge < -0.3 is 15.4 Å². The molecule has 19 heavy (non-hydrogen) atoms. The van der Waals surface area contributed by atoms with Crippen molar-refractivity contribution >= 4 is 5.91 Å². The molecule has 0 aliphatic rings. The Morgan fingerprint density at radius 3 is 2.58 bits per heavy atom. The molecule has 0 aliphatic carbocycles. The van der Waals surface area contributed by atoms with Gasteiger partial charge in [0.15, 0.2) is 0 Å². The normalized spacial score (nSPS) is 12.1. The number of rotatable bonds is 5. The molecule has 0 aromatic heterocycles. The molecule has 1 rings (SSSR count). The molecular formula is C15H24N2O2. The van der Waals surface area contributed by atoms with Crippen molar-refractivity contribution < 1.29 is 9.53 Å². The van der Waals surface area contributed by atoms with Crippen molar-refractivity contribution in [2.24, 2.45) is 11.7 Å². The van der Waals surface area contributed by atoms with Crippen LogP contribution in [0.25, 0.3) is 0 Å². The zero-order valence-electron chi connectivity index (χ0n) is 12.5. The Kier molecular flexibility index (Phi) is 5.36. The second-order valence-electron chi connectivity index (χ2n) is 5.09. The van der Waals surface area contributed by atoms with E-state index < -0.39 is 0 Å². The molecule has 0 spiro atoms. The highest BCUT2D eigenvalue weighted by Crippen LogP contribution is 2.25. The van der Waals surface area contributed by atoms with Crippen molar-refractivity contribution in [1.29, 1.82) is 0 Å². The number of nitrogens with zero attached hydrogens (tertiary/aromatic N) is 1. The smallest absolute Gasteiger partial charge is 0.226 e. The molecular weight excluding hydrogens is 240 g/mol. The lowest BCUT2D eigenvalue weighted by Gasteiger charge is -2.23. The van der Waals surface area contributed by atoms with Crippen molar-refractivity contribution in [1.82, 2.24) is 4.90 Å². The third-order valence-electron chi connectivity index (χ3n) is 3.34. The van der Waals surface area contributed by atoms with Gasteiger partial charge in [0.25, 0.3) is 0 Å². The molecule has 1 atom stereocenters. The summed E-state index contributed by atoms with van der Waals surface area (Å²) >= 11 is 0. The monoisotopic (exact) mass is 264 g/mol. The van der Waals surface area contributed by atoms with Crippen molar-refractivity contribution in [2.45, 2.75) is 27.3 Å². The lowest BCUT2D eigenvalue weighted by molar-refractivity contribution is -0.133. The number of hydrogen-bond acceptors (Lipinski definition) is 3. The SMILES string of the molecule is COc1cc(C)cc(C)c1CN(C)C(=O)C(C)CN. The number of carbonyl (C=O) groups is 1. The van der Waals surface area contributed by atoms with Gasteiger partial charge in [-0.3, -0.25) is 4.79 Å². The molecule has 4 nitrogen and oxygen atoms in total. The van der Waals surface area contributed by atoms with Gasteiger partial charge in [-0.1, -0.05) is 13.0 Å². The Labute approximate surface area is 115 Å². The molecule has 0 fully saturated rings. The minimum absolute atomic E-state index is 0.0597. The van der Waals surface area contributed by atoms with Gasteiger partial charge in [-0.2, -0.15) is 0 Å². The van der Waals surface area contributed by atoms with Gasteiger partial charge in [-0.05, 0) is 31.0 Å². The Bertz CT molecular complexity index is 458. The third-order valence-corrected chi connectivity index (χ3v) is 3.34. The maximum Gasteiger partial charge on any atom is 0.226 e. The van der Waals surface area contributed by atoms with E-state index in [4.69, 9.17) is 10.5 Å². The summed E-state index contributed by atoms with van der Waals surface area (Å²) in [5.41, 5.74) is 8.88. The first-order valence-corrected chi connectivity index (χ1v) is 6.49. The fourth-order valence-electron chi connectivity index (χ4n) is 2.14. The number of methoxy groups -OCH3 is 1. The van der Waals surface area contributed by atoms with Crippen LogP contribution in [-0.2, 0) is 11.3 Å². The molecule has 1 aromatic carbocycles. The van der Waals surface area contributed by atoms with Crippen LogP contribution in [0.5, 0.6) is 5.75 Å². The first-order valence-electron chi connectivity index (χ1n) is 6.49. The van der Waals surface area contributed by atoms with Crippen LogP contribution >= 0.6 is 0 Å². The van der Waals surface area contributed by atoms with Crippen molar-refractivity contribution in [2.75, 3.05) is 20.7 Å². The molecule has 106 valence electrons. The molecule has 0 heterocycles. The van der Waals surface area contributed by atoms with E-state index in [1.165, 1.54) is 0 Å². The third kappa shape index (κ3) is 3.70. The summed E-state index contributed by atoms with van der Waals surface area (Å²) in [5, 5.41) is 0. The number of ether oxygens (including phenoxy) is 1. The minimum atomic E-state index is -0.151. The Balaban J connectivity index is 2.96. The summed E-state index contributed by atoms with van der Waals surface area (Å²) in [4.78, 5) is 13.8. The minimum Gasteiger partial charge on any atom is -0.496 e. The fourth-order valence-corrected chi connectivity index (χ4v) is 2.14. The Hall–Kier alpha value is -1.55. The van der Waals surface area contributed by atoms with Gasteiger partial charge in [-0.25, -0.2) is 0 Å². The highest BCUT2D eigenvalue weighted by atomic mass is 16.5. The number of amides is 1. The van der Waals surface area contributed by atoms with Gasteiger partial charge >= 0.3 is 0 Å². The van der Waals surface area contributed by atoms with Crippen LogP contribution < -0.4 is 10.5 Å². The molecule has 1 aromatic rings. The summed E-state index contributed by atoms with van der Waals surface area (Å²) in [6.45, 7) is 6.82. The first-order chi connectivity index (χ1) is 8.90. The molecule has 0 saturated carbocycles. The molecule has 1 unspecified atom stereocenters. The predicted octanol–water partition coefficient (Wildman–Crippen LogP) is 1.87. The summed E-state index contributed by atoms with van der Waals surface area (Å²) < 4.78 is 5.41. The van der Waals surface area contributed by atoms with E-state index in [9.17, 15) is 4.79 Å². The van der Waals surface area contributed by atoms with E-state index in [0.29, 0.717) is 13.1 Å². The van der Waals surface area contributed by atoms with Crippen LogP contribution in [0.2, 0.25) is 0 Å². The number of hydrogen-bond donors (Lipinski definition) is 1. The van der Waals surface area contributed by atoms with Gasteiger partial charge in [0.05, 0.1) is 7.11 Å². The van der Waals surface area contributed by atoms with E-state index in [2.05, 4.69) is 6.07 Å². The van der Waals surface area contributed by atoms with Crippen molar-refractivity contribution in [3.8, 4) is 5.75 Å². The molecule has 0 radical (unpaired) electrons. The second kappa shape index (κ2) is 6.57. The lowest BCUT2D eigenvalue weighted by Crippen LogP contribution is -2.34. The van der Waals surface area contributed by atoms with Crippen molar-refractivity contribution in [3.05, 3.63) is 28.8 Å². The van der Waals surface area contributed by atoms with Crippen LogP contribution in [-0.4, -0.2) is 31.5 Å². The number of nitrogens with two attached hydrogens (primary N) is 1. The van der Waals surface area contributed by atoms with E-state index in [1.807, 2.05) is 26.8 Å². The average molecular weight is 264 g/mol. The summed E-state index contributed by atoms with van der Waals surface area (Å²) in [5.74, 6) is 0.740. The predicted molar refractivity (Wildman–Crippen MR) is 77.2 cm³/mol. The molecule has 2 N–H and O–H groups in total. The average Bonchev–Trinajstić information content (AvgIpc) is 2.39. The van der Waals surface area contributed by atoms with Crippen LogP contribution in [0.4, 0.5) is 0 Å². The summed E-state index contributed by atoms with van der Waals surface area (Å²) in [6.07, 6.45) is 0. The maximum absolute atomic E-state index is 12.1. The zero-order valence-corrected chi connectivity index (χ0v) is 12.5. The standard InChI is InChI=1S/C15H24N2O2/c1-10-6-11(2)13(14(7-10)19-5)9-17(4)15(18)12(3)8-16/h6-7,12H,8-9,16H2,1-5H3. The highest BCUT2D eigenvalue weighted by Gasteiger charge is 2.18. The summed E-state index contributed by atoms with van der Waals surface area (Å²) in [6, 6.07) is 4.09. The topological polar surface area (TPSA) is 55.6 Å². The van der Waals surface area contributed by atoms with E-state index in [1.54, 1.807) is 19.1 Å². The van der Waals surface area contributed by atoms with Gasteiger partial charge in [0.1, 0.15) is 5.75 Å². The Morgan fingerprint density at radius 1 is 1.42 bits per heavy atom. The first kappa shape index (κ1) is 15.5. The largest absolute Gasteiger partial charge is 0.496 e. The zero-order chi connectivity index (χ0) is 14.6. The lowest BCUT2D eigenvalue weighted by atomic mass is 10.0. The number of benzene rings is 1. The fraction of sp³-hybridized carbons (Fsp3) is 0.533. The number of carbonyl (C=O) groups excluding carboxylic acids is 1. The second-order valence-corrected chi connectivity index (χ2v) is 5.09. The van der Waals surface area contributed by atoms with Gasteiger partial charge in [-0.15, -0.1) is 0 Å². The van der Waals surface area contributed by atoms with Crippen molar-refractivity contribution in [3.63, 3.8) is 0 Å². The quantitative estimate of drug-likeness (QED) is 0.883. The van der Waals surface area contributed by atoms with E-state index in [0.717, 1.165) is 22.4 Å².